The number of nitrogens with two attached hydrogens (primary N) is 1. The number of thioether (sulfide) groups is 1. The minimum absolute atomic E-state index is 0.0367. The predicted octanol–water partition coefficient (Wildman–Crippen LogP) is 2.60. The van der Waals surface area contributed by atoms with E-state index in [0.717, 1.165) is 17.2 Å². The van der Waals surface area contributed by atoms with Gasteiger partial charge in [-0.05, 0) is 19.1 Å². The number of halogens is 1. The van der Waals surface area contributed by atoms with E-state index in [1.807, 2.05) is 26.0 Å². The Balaban J connectivity index is 2.18. The Labute approximate surface area is 151 Å². The molecular weight excluding hydrogens is 346 g/mol. The molecule has 1 unspecified atom stereocenters. The van der Waals surface area contributed by atoms with Crippen molar-refractivity contribution >= 4 is 35.0 Å². The Morgan fingerprint density at radius 3 is 2.96 bits per heavy atom. The summed E-state index contributed by atoms with van der Waals surface area (Å²) in [5.41, 5.74) is 6.90. The molecule has 0 aliphatic heterocycles. The van der Waals surface area contributed by atoms with Crippen LogP contribution >= 0.6 is 23.4 Å². The monoisotopic (exact) mass is 367 g/mol. The van der Waals surface area contributed by atoms with Gasteiger partial charge in [0.05, 0.1) is 18.1 Å². The molecule has 6 nitrogen and oxygen atoms in total. The molecule has 2 rings (SSSR count). The van der Waals surface area contributed by atoms with Crippen LogP contribution in [0.4, 0.5) is 5.69 Å². The fourth-order valence-corrected chi connectivity index (χ4v) is 3.33. The maximum atomic E-state index is 12.7. The molecule has 130 valence electrons. The van der Waals surface area contributed by atoms with E-state index in [1.54, 1.807) is 39.9 Å². The predicted molar refractivity (Wildman–Crippen MR) is 99.9 cm³/mol. The molecule has 0 spiro atoms. The Morgan fingerprint density at radius 2 is 2.33 bits per heavy atom. The van der Waals surface area contributed by atoms with Crippen molar-refractivity contribution in [2.75, 3.05) is 29.5 Å². The maximum absolute atomic E-state index is 12.7. The molecule has 0 radical (unpaired) electrons. The number of carbonyl (C=O) groups excluding carboxylic acids is 1. The van der Waals surface area contributed by atoms with Crippen LogP contribution in [0.2, 0.25) is 5.15 Å². The zero-order chi connectivity index (χ0) is 17.5. The van der Waals surface area contributed by atoms with Gasteiger partial charge < -0.3 is 10.6 Å². The molecule has 2 aromatic heterocycles. The first-order valence-electron chi connectivity index (χ1n) is 7.83. The third-order valence-corrected chi connectivity index (χ3v) is 5.02. The van der Waals surface area contributed by atoms with Gasteiger partial charge in [0.15, 0.2) is 5.15 Å². The summed E-state index contributed by atoms with van der Waals surface area (Å²) in [6.45, 7) is 5.00. The van der Waals surface area contributed by atoms with Crippen molar-refractivity contribution in [3.8, 4) is 5.69 Å². The highest BCUT2D eigenvalue weighted by atomic mass is 35.5. The second-order valence-corrected chi connectivity index (χ2v) is 6.82. The number of hydrogen-bond acceptors (Lipinski definition) is 5. The van der Waals surface area contributed by atoms with E-state index in [9.17, 15) is 4.79 Å². The molecule has 1 amide bonds. The van der Waals surface area contributed by atoms with E-state index in [2.05, 4.69) is 10.1 Å². The van der Waals surface area contributed by atoms with Crippen LogP contribution in [0.25, 0.3) is 5.69 Å². The summed E-state index contributed by atoms with van der Waals surface area (Å²) < 4.78 is 1.63. The van der Waals surface area contributed by atoms with Crippen molar-refractivity contribution in [1.29, 1.82) is 0 Å². The van der Waals surface area contributed by atoms with E-state index in [1.165, 1.54) is 0 Å². The van der Waals surface area contributed by atoms with Gasteiger partial charge in [0.25, 0.3) is 0 Å². The molecule has 0 saturated heterocycles. The van der Waals surface area contributed by atoms with Crippen molar-refractivity contribution in [1.82, 2.24) is 14.8 Å². The van der Waals surface area contributed by atoms with Crippen LogP contribution in [-0.4, -0.2) is 45.3 Å². The van der Waals surface area contributed by atoms with Gasteiger partial charge in [0, 0.05) is 36.7 Å². The third-order valence-electron chi connectivity index (χ3n) is 3.49. The minimum atomic E-state index is -0.112. The van der Waals surface area contributed by atoms with Gasteiger partial charge in [0.1, 0.15) is 5.69 Å². The molecule has 8 heteroatoms. The highest BCUT2D eigenvalue weighted by molar-refractivity contribution is 7.99. The molecule has 0 bridgehead atoms. The zero-order valence-electron chi connectivity index (χ0n) is 13.9. The van der Waals surface area contributed by atoms with E-state index in [-0.39, 0.29) is 11.8 Å². The molecule has 2 aromatic rings. The quantitative estimate of drug-likeness (QED) is 0.725. The fourth-order valence-electron chi connectivity index (χ4n) is 2.27. The SMILES string of the molecule is CCN(C(=O)C(C)CSCCN)c1cn(-c2cccnc2)nc1Cl. The van der Waals surface area contributed by atoms with Crippen LogP contribution in [0.15, 0.2) is 30.7 Å². The van der Waals surface area contributed by atoms with Crippen molar-refractivity contribution in [2.24, 2.45) is 11.7 Å². The summed E-state index contributed by atoms with van der Waals surface area (Å²) in [7, 11) is 0. The normalized spacial score (nSPS) is 12.2. The summed E-state index contributed by atoms with van der Waals surface area (Å²) in [5.74, 6) is 1.51. The van der Waals surface area contributed by atoms with Crippen molar-refractivity contribution in [3.63, 3.8) is 0 Å². The summed E-state index contributed by atoms with van der Waals surface area (Å²) in [5, 5.41) is 4.60. The van der Waals surface area contributed by atoms with Gasteiger partial charge in [-0.25, -0.2) is 4.68 Å². The second-order valence-electron chi connectivity index (χ2n) is 5.31. The highest BCUT2D eigenvalue weighted by Gasteiger charge is 2.24. The van der Waals surface area contributed by atoms with E-state index >= 15 is 0 Å². The summed E-state index contributed by atoms with van der Waals surface area (Å²) >= 11 is 7.96. The number of carbonyl (C=O) groups is 1. The molecule has 2 heterocycles. The van der Waals surface area contributed by atoms with Crippen molar-refractivity contribution in [2.45, 2.75) is 13.8 Å². The molecule has 0 fully saturated rings. The first kappa shape index (κ1) is 18.8. The fraction of sp³-hybridized carbons (Fsp3) is 0.438. The Kier molecular flexibility index (Phi) is 7.08. The number of pyridine rings is 1. The Morgan fingerprint density at radius 1 is 1.54 bits per heavy atom. The first-order chi connectivity index (χ1) is 11.6. The van der Waals surface area contributed by atoms with Crippen molar-refractivity contribution in [3.05, 3.63) is 35.9 Å². The lowest BCUT2D eigenvalue weighted by atomic mass is 10.2. The molecule has 0 aliphatic carbocycles. The van der Waals surface area contributed by atoms with Crippen LogP contribution < -0.4 is 10.6 Å². The standard InChI is InChI=1S/C16H22ClN5OS/c1-3-21(16(23)12(2)11-24-8-6-18)14-10-22(20-15(14)17)13-5-4-7-19-9-13/h4-5,7,9-10,12H,3,6,8,11,18H2,1-2H3. The summed E-state index contributed by atoms with van der Waals surface area (Å²) in [6, 6.07) is 3.70. The average Bonchev–Trinajstić information content (AvgIpc) is 2.98. The van der Waals surface area contributed by atoms with Gasteiger partial charge in [-0.1, -0.05) is 18.5 Å². The third kappa shape index (κ3) is 4.49. The summed E-state index contributed by atoms with van der Waals surface area (Å²) in [6.07, 6.45) is 5.15. The van der Waals surface area contributed by atoms with E-state index < -0.39 is 0 Å². The average molecular weight is 368 g/mol. The number of hydrogen-bond donors (Lipinski definition) is 1. The number of anilines is 1. The smallest absolute Gasteiger partial charge is 0.230 e. The molecular formula is C16H22ClN5OS. The molecule has 24 heavy (non-hydrogen) atoms. The molecule has 0 saturated carbocycles. The Hall–Kier alpha value is -1.57. The lowest BCUT2D eigenvalue weighted by molar-refractivity contribution is -0.121. The summed E-state index contributed by atoms with van der Waals surface area (Å²) in [4.78, 5) is 18.5. The second kappa shape index (κ2) is 9.05. The lowest BCUT2D eigenvalue weighted by Crippen LogP contribution is -2.36. The van der Waals surface area contributed by atoms with Gasteiger partial charge >= 0.3 is 0 Å². The van der Waals surface area contributed by atoms with Gasteiger partial charge in [-0.2, -0.15) is 16.9 Å². The number of rotatable bonds is 8. The first-order valence-corrected chi connectivity index (χ1v) is 9.36. The van der Waals surface area contributed by atoms with Gasteiger partial charge in [0.2, 0.25) is 5.91 Å². The Bertz CT molecular complexity index is 664. The van der Waals surface area contributed by atoms with Gasteiger partial charge in [-0.3, -0.25) is 9.78 Å². The number of aromatic nitrogens is 3. The van der Waals surface area contributed by atoms with Crippen LogP contribution in [0.1, 0.15) is 13.8 Å². The van der Waals surface area contributed by atoms with Crippen LogP contribution in [0.5, 0.6) is 0 Å². The topological polar surface area (TPSA) is 77.0 Å². The van der Waals surface area contributed by atoms with Crippen LogP contribution in [0, 0.1) is 5.92 Å². The lowest BCUT2D eigenvalue weighted by Gasteiger charge is -2.23. The highest BCUT2D eigenvalue weighted by Crippen LogP contribution is 2.27. The largest absolute Gasteiger partial charge is 0.330 e. The van der Waals surface area contributed by atoms with E-state index in [0.29, 0.717) is 23.9 Å². The van der Waals surface area contributed by atoms with Crippen LogP contribution in [0.3, 0.4) is 0 Å². The zero-order valence-corrected chi connectivity index (χ0v) is 15.4. The molecule has 1 atom stereocenters. The van der Waals surface area contributed by atoms with Crippen molar-refractivity contribution < 1.29 is 4.79 Å². The van der Waals surface area contributed by atoms with E-state index in [4.69, 9.17) is 17.3 Å². The molecule has 2 N–H and O–H groups in total. The molecule has 0 aliphatic rings. The maximum Gasteiger partial charge on any atom is 0.230 e. The van der Waals surface area contributed by atoms with Crippen LogP contribution in [-0.2, 0) is 4.79 Å². The minimum Gasteiger partial charge on any atom is -0.330 e. The van der Waals surface area contributed by atoms with Gasteiger partial charge in [-0.15, -0.1) is 0 Å². The molecule has 0 aromatic carbocycles. The number of nitrogens with zero attached hydrogens (tertiary/aromatic N) is 4. The number of amides is 1.